The van der Waals surface area contributed by atoms with Gasteiger partial charge in [-0.15, -0.1) is 11.3 Å². The highest BCUT2D eigenvalue weighted by atomic mass is 32.1. The van der Waals surface area contributed by atoms with E-state index in [-0.39, 0.29) is 5.91 Å². The summed E-state index contributed by atoms with van der Waals surface area (Å²) in [4.78, 5) is 18.4. The monoisotopic (exact) mass is 410 g/mol. The molecule has 152 valence electrons. The molecule has 0 radical (unpaired) electrons. The first-order valence-electron chi connectivity index (χ1n) is 9.64. The largest absolute Gasteiger partial charge is 0.496 e. The van der Waals surface area contributed by atoms with Crippen molar-refractivity contribution < 1.29 is 14.4 Å². The van der Waals surface area contributed by atoms with Crippen LogP contribution in [0.25, 0.3) is 11.3 Å². The number of nitrogens with one attached hydrogen (secondary N) is 2. The number of hydrogen-bond acceptors (Lipinski definition) is 4. The molecule has 0 aliphatic rings. The molecule has 1 aromatic heterocycles. The number of quaternary nitrogens is 1. The molecule has 0 bridgehead atoms. The number of aromatic nitrogens is 1. The molecule has 3 aromatic rings. The second-order valence-electron chi connectivity index (χ2n) is 7.46. The van der Waals surface area contributed by atoms with Gasteiger partial charge in [0, 0.05) is 16.6 Å². The van der Waals surface area contributed by atoms with Gasteiger partial charge in [0.1, 0.15) is 17.3 Å². The number of rotatable bonds is 7. The first-order chi connectivity index (χ1) is 13.9. The maximum absolute atomic E-state index is 12.5. The molecule has 29 heavy (non-hydrogen) atoms. The average Bonchev–Trinajstić information content (AvgIpc) is 3.12. The fraction of sp³-hybridized carbons (Fsp3) is 0.304. The van der Waals surface area contributed by atoms with Crippen molar-refractivity contribution >= 4 is 22.9 Å². The third-order valence-electron chi connectivity index (χ3n) is 4.79. The SMILES string of the molecule is COc1ccccc1-c1csc(C[NH+](C)CC(=O)Nc2c(C)cc(C)cc2C)n1. The number of carbonyl (C=O) groups is 1. The summed E-state index contributed by atoms with van der Waals surface area (Å²) in [6.07, 6.45) is 0. The van der Waals surface area contributed by atoms with E-state index in [4.69, 9.17) is 9.72 Å². The van der Waals surface area contributed by atoms with E-state index in [0.717, 1.165) is 43.7 Å². The van der Waals surface area contributed by atoms with E-state index in [1.807, 2.05) is 50.5 Å². The summed E-state index contributed by atoms with van der Waals surface area (Å²) in [5.74, 6) is 0.826. The van der Waals surface area contributed by atoms with E-state index in [2.05, 4.69) is 24.4 Å². The van der Waals surface area contributed by atoms with Gasteiger partial charge in [0.25, 0.3) is 5.91 Å². The van der Waals surface area contributed by atoms with Crippen LogP contribution in [0, 0.1) is 20.8 Å². The Morgan fingerprint density at radius 3 is 2.55 bits per heavy atom. The Bertz CT molecular complexity index is 990. The predicted molar refractivity (Wildman–Crippen MR) is 119 cm³/mol. The molecule has 0 aliphatic heterocycles. The lowest BCUT2D eigenvalue weighted by molar-refractivity contribution is -0.885. The number of carbonyl (C=O) groups excluding carboxylic acids is 1. The predicted octanol–water partition coefficient (Wildman–Crippen LogP) is 3.40. The van der Waals surface area contributed by atoms with Gasteiger partial charge in [0.2, 0.25) is 0 Å². The number of thiazole rings is 1. The minimum absolute atomic E-state index is 0.0130. The number of para-hydroxylation sites is 1. The zero-order valence-corrected chi connectivity index (χ0v) is 18.4. The molecule has 0 saturated carbocycles. The van der Waals surface area contributed by atoms with Gasteiger partial charge >= 0.3 is 0 Å². The van der Waals surface area contributed by atoms with E-state index in [1.165, 1.54) is 5.56 Å². The lowest BCUT2D eigenvalue weighted by atomic mass is 10.1. The van der Waals surface area contributed by atoms with Gasteiger partial charge in [-0.2, -0.15) is 0 Å². The van der Waals surface area contributed by atoms with E-state index < -0.39 is 0 Å². The molecule has 5 nitrogen and oxygen atoms in total. The lowest BCUT2D eigenvalue weighted by Crippen LogP contribution is -3.08. The van der Waals surface area contributed by atoms with Gasteiger partial charge in [-0.1, -0.05) is 29.8 Å². The number of hydrogen-bond donors (Lipinski definition) is 2. The average molecular weight is 411 g/mol. The number of benzene rings is 2. The summed E-state index contributed by atoms with van der Waals surface area (Å²) < 4.78 is 5.43. The lowest BCUT2D eigenvalue weighted by Gasteiger charge is -2.15. The Kier molecular flexibility index (Phi) is 6.67. The number of ether oxygens (including phenoxy) is 1. The van der Waals surface area contributed by atoms with Crippen molar-refractivity contribution in [1.82, 2.24) is 4.98 Å². The van der Waals surface area contributed by atoms with Crippen LogP contribution in [0.4, 0.5) is 5.69 Å². The third-order valence-corrected chi connectivity index (χ3v) is 5.64. The second-order valence-corrected chi connectivity index (χ2v) is 8.40. The summed E-state index contributed by atoms with van der Waals surface area (Å²) in [5.41, 5.74) is 6.20. The molecule has 2 N–H and O–H groups in total. The molecule has 6 heteroatoms. The Labute approximate surface area is 176 Å². The summed E-state index contributed by atoms with van der Waals surface area (Å²) in [7, 11) is 3.68. The van der Waals surface area contributed by atoms with Crippen molar-refractivity contribution in [2.45, 2.75) is 27.3 Å². The maximum atomic E-state index is 12.5. The molecule has 1 amide bonds. The molecule has 1 heterocycles. The number of methoxy groups -OCH3 is 1. The van der Waals surface area contributed by atoms with Gasteiger partial charge in [-0.3, -0.25) is 4.79 Å². The van der Waals surface area contributed by atoms with Crippen LogP contribution in [0.2, 0.25) is 0 Å². The normalized spacial score (nSPS) is 11.9. The van der Waals surface area contributed by atoms with Gasteiger partial charge in [-0.25, -0.2) is 4.98 Å². The Hall–Kier alpha value is -2.70. The molecular weight excluding hydrogens is 382 g/mol. The van der Waals surface area contributed by atoms with Gasteiger partial charge in [0.05, 0.1) is 19.9 Å². The summed E-state index contributed by atoms with van der Waals surface area (Å²) >= 11 is 1.61. The van der Waals surface area contributed by atoms with Crippen molar-refractivity contribution in [3.05, 3.63) is 63.5 Å². The Morgan fingerprint density at radius 2 is 1.86 bits per heavy atom. The first-order valence-corrected chi connectivity index (χ1v) is 10.5. The molecule has 0 saturated heterocycles. The summed E-state index contributed by atoms with van der Waals surface area (Å²) in [5, 5.41) is 6.12. The van der Waals surface area contributed by atoms with Crippen LogP contribution in [-0.2, 0) is 11.3 Å². The highest BCUT2D eigenvalue weighted by molar-refractivity contribution is 7.09. The van der Waals surface area contributed by atoms with Crippen LogP contribution in [-0.4, -0.2) is 31.6 Å². The highest BCUT2D eigenvalue weighted by Gasteiger charge is 2.16. The van der Waals surface area contributed by atoms with E-state index in [1.54, 1.807) is 18.4 Å². The summed E-state index contributed by atoms with van der Waals surface area (Å²) in [6, 6.07) is 12.1. The molecular formula is C23H28N3O2S+. The molecule has 1 atom stereocenters. The van der Waals surface area contributed by atoms with E-state index >= 15 is 0 Å². The number of likely N-dealkylation sites (N-methyl/N-ethyl adjacent to an activating group) is 1. The van der Waals surface area contributed by atoms with E-state index in [0.29, 0.717) is 13.1 Å². The Morgan fingerprint density at radius 1 is 1.17 bits per heavy atom. The number of nitrogens with zero attached hydrogens (tertiary/aromatic N) is 1. The topological polar surface area (TPSA) is 55.7 Å². The van der Waals surface area contributed by atoms with Gasteiger partial charge < -0.3 is 15.0 Å². The first kappa shape index (κ1) is 21.0. The number of amides is 1. The molecule has 3 rings (SSSR count). The van der Waals surface area contributed by atoms with Crippen molar-refractivity contribution in [1.29, 1.82) is 0 Å². The van der Waals surface area contributed by atoms with Crippen LogP contribution in [0.3, 0.4) is 0 Å². The van der Waals surface area contributed by atoms with Crippen molar-refractivity contribution in [3.63, 3.8) is 0 Å². The molecule has 0 fully saturated rings. The molecule has 2 aromatic carbocycles. The van der Waals surface area contributed by atoms with Crippen molar-refractivity contribution in [3.8, 4) is 17.0 Å². The van der Waals surface area contributed by atoms with Crippen molar-refractivity contribution in [2.24, 2.45) is 0 Å². The van der Waals surface area contributed by atoms with Crippen LogP contribution in [0.15, 0.2) is 41.8 Å². The van der Waals surface area contributed by atoms with Crippen LogP contribution >= 0.6 is 11.3 Å². The number of aryl methyl sites for hydroxylation is 3. The zero-order chi connectivity index (χ0) is 21.0. The van der Waals surface area contributed by atoms with Crippen LogP contribution < -0.4 is 15.0 Å². The second kappa shape index (κ2) is 9.20. The molecule has 1 unspecified atom stereocenters. The highest BCUT2D eigenvalue weighted by Crippen LogP contribution is 2.30. The van der Waals surface area contributed by atoms with Gasteiger partial charge in [0.15, 0.2) is 6.54 Å². The minimum Gasteiger partial charge on any atom is -0.496 e. The van der Waals surface area contributed by atoms with Crippen molar-refractivity contribution in [2.75, 3.05) is 26.0 Å². The maximum Gasteiger partial charge on any atom is 0.279 e. The number of anilines is 1. The zero-order valence-electron chi connectivity index (χ0n) is 17.6. The third kappa shape index (κ3) is 5.22. The standard InChI is InChI=1S/C23H27N3O2S/c1-15-10-16(2)23(17(3)11-15)25-21(27)12-26(4)13-22-24-19(14-29-22)18-8-6-7-9-20(18)28-5/h6-11,14H,12-13H2,1-5H3,(H,25,27)/p+1. The van der Waals surface area contributed by atoms with E-state index in [9.17, 15) is 4.79 Å². The van der Waals surface area contributed by atoms with Gasteiger partial charge in [-0.05, 0) is 44.0 Å². The van der Waals surface area contributed by atoms with Crippen LogP contribution in [0.5, 0.6) is 5.75 Å². The van der Waals surface area contributed by atoms with Crippen LogP contribution in [0.1, 0.15) is 21.7 Å². The molecule has 0 aliphatic carbocycles. The minimum atomic E-state index is 0.0130. The summed E-state index contributed by atoms with van der Waals surface area (Å²) in [6.45, 7) is 7.20. The quantitative estimate of drug-likeness (QED) is 0.628. The smallest absolute Gasteiger partial charge is 0.279 e. The molecule has 0 spiro atoms. The fourth-order valence-electron chi connectivity index (χ4n) is 3.53. The Balaban J connectivity index is 1.62. The fourth-order valence-corrected chi connectivity index (χ4v) is 4.44.